The predicted octanol–water partition coefficient (Wildman–Crippen LogP) is 4.31. The molecule has 0 fully saturated rings. The fourth-order valence-corrected chi connectivity index (χ4v) is 1.58. The summed E-state index contributed by atoms with van der Waals surface area (Å²) in [6, 6.07) is 11.1. The second-order valence-corrected chi connectivity index (χ2v) is 3.88. The Labute approximate surface area is 104 Å². The van der Waals surface area contributed by atoms with Gasteiger partial charge in [0.25, 0.3) is 0 Å². The van der Waals surface area contributed by atoms with Crippen molar-refractivity contribution in [1.82, 2.24) is 0 Å². The van der Waals surface area contributed by atoms with Gasteiger partial charge < -0.3 is 10.1 Å². The maximum atomic E-state index is 12.7. The van der Waals surface area contributed by atoms with Crippen molar-refractivity contribution in [1.29, 1.82) is 0 Å². The molecular formula is C13H11ClFNO. The van der Waals surface area contributed by atoms with Crippen LogP contribution in [0.25, 0.3) is 0 Å². The summed E-state index contributed by atoms with van der Waals surface area (Å²) >= 11 is 5.90. The summed E-state index contributed by atoms with van der Waals surface area (Å²) in [6.45, 7) is 0. The van der Waals surface area contributed by atoms with Gasteiger partial charge in [0.15, 0.2) is 5.75 Å². The molecular weight excluding hydrogens is 241 g/mol. The standard InChI is InChI=1S/C13H11ClFNO/c1-16-12-7-2-9(14)8-13(12)17-11-5-3-10(15)4-6-11/h2-8,16H,1H3. The number of halogens is 2. The van der Waals surface area contributed by atoms with Crippen LogP contribution in [0.1, 0.15) is 0 Å². The van der Waals surface area contributed by atoms with Gasteiger partial charge in [-0.05, 0) is 36.4 Å². The fraction of sp³-hybridized carbons (Fsp3) is 0.0769. The van der Waals surface area contributed by atoms with Crippen molar-refractivity contribution < 1.29 is 9.13 Å². The van der Waals surface area contributed by atoms with Gasteiger partial charge in [0.05, 0.1) is 5.69 Å². The van der Waals surface area contributed by atoms with Gasteiger partial charge >= 0.3 is 0 Å². The first-order valence-electron chi connectivity index (χ1n) is 5.10. The van der Waals surface area contributed by atoms with Crippen molar-refractivity contribution in [3.05, 3.63) is 53.3 Å². The van der Waals surface area contributed by atoms with Gasteiger partial charge in [-0.15, -0.1) is 0 Å². The topological polar surface area (TPSA) is 21.3 Å². The minimum atomic E-state index is -0.294. The van der Waals surface area contributed by atoms with E-state index >= 15 is 0 Å². The molecule has 17 heavy (non-hydrogen) atoms. The van der Waals surface area contributed by atoms with Crippen LogP contribution in [0, 0.1) is 5.82 Å². The predicted molar refractivity (Wildman–Crippen MR) is 67.5 cm³/mol. The molecule has 2 rings (SSSR count). The van der Waals surface area contributed by atoms with E-state index in [4.69, 9.17) is 16.3 Å². The zero-order valence-electron chi connectivity index (χ0n) is 9.21. The summed E-state index contributed by atoms with van der Waals surface area (Å²) in [5, 5.41) is 3.58. The first-order chi connectivity index (χ1) is 8.19. The first kappa shape index (κ1) is 11.7. The molecule has 0 radical (unpaired) electrons. The number of rotatable bonds is 3. The molecule has 1 N–H and O–H groups in total. The van der Waals surface area contributed by atoms with Crippen LogP contribution in [0.15, 0.2) is 42.5 Å². The Morgan fingerprint density at radius 2 is 1.82 bits per heavy atom. The second kappa shape index (κ2) is 5.06. The summed E-state index contributed by atoms with van der Waals surface area (Å²) < 4.78 is 18.4. The van der Waals surface area contributed by atoms with Crippen molar-refractivity contribution >= 4 is 17.3 Å². The Kier molecular flexibility index (Phi) is 3.49. The highest BCUT2D eigenvalue weighted by Crippen LogP contribution is 2.31. The minimum absolute atomic E-state index is 0.294. The lowest BCUT2D eigenvalue weighted by Gasteiger charge is -2.11. The Hall–Kier alpha value is -1.74. The Morgan fingerprint density at radius 1 is 1.12 bits per heavy atom. The Bertz CT molecular complexity index is 513. The van der Waals surface area contributed by atoms with Gasteiger partial charge in [0.2, 0.25) is 0 Å². The van der Waals surface area contributed by atoms with Crippen LogP contribution in [0.3, 0.4) is 0 Å². The van der Waals surface area contributed by atoms with Crippen LogP contribution < -0.4 is 10.1 Å². The monoisotopic (exact) mass is 251 g/mol. The van der Waals surface area contributed by atoms with Crippen LogP contribution in [0.5, 0.6) is 11.5 Å². The normalized spacial score (nSPS) is 10.1. The second-order valence-electron chi connectivity index (χ2n) is 3.45. The van der Waals surface area contributed by atoms with E-state index in [2.05, 4.69) is 5.32 Å². The van der Waals surface area contributed by atoms with Gasteiger partial charge in [-0.1, -0.05) is 11.6 Å². The Balaban J connectivity index is 2.28. The number of hydrogen-bond donors (Lipinski definition) is 1. The molecule has 0 saturated heterocycles. The molecule has 2 nitrogen and oxygen atoms in total. The quantitative estimate of drug-likeness (QED) is 0.878. The minimum Gasteiger partial charge on any atom is -0.455 e. The van der Waals surface area contributed by atoms with Crippen molar-refractivity contribution in [2.24, 2.45) is 0 Å². The summed E-state index contributed by atoms with van der Waals surface area (Å²) in [4.78, 5) is 0. The number of hydrogen-bond acceptors (Lipinski definition) is 2. The maximum absolute atomic E-state index is 12.7. The van der Waals surface area contributed by atoms with E-state index in [0.29, 0.717) is 16.5 Å². The van der Waals surface area contributed by atoms with E-state index < -0.39 is 0 Å². The van der Waals surface area contributed by atoms with Crippen LogP contribution >= 0.6 is 11.6 Å². The molecule has 2 aromatic carbocycles. The van der Waals surface area contributed by atoms with E-state index in [9.17, 15) is 4.39 Å². The summed E-state index contributed by atoms with van der Waals surface area (Å²) in [5.41, 5.74) is 0.818. The van der Waals surface area contributed by atoms with Crippen molar-refractivity contribution in [2.45, 2.75) is 0 Å². The average molecular weight is 252 g/mol. The third-order valence-electron chi connectivity index (χ3n) is 2.25. The van der Waals surface area contributed by atoms with Gasteiger partial charge in [0.1, 0.15) is 11.6 Å². The van der Waals surface area contributed by atoms with E-state index in [-0.39, 0.29) is 5.82 Å². The van der Waals surface area contributed by atoms with Gasteiger partial charge in [-0.2, -0.15) is 0 Å². The third kappa shape index (κ3) is 2.88. The molecule has 0 aliphatic rings. The summed E-state index contributed by atoms with van der Waals surface area (Å²) in [6.07, 6.45) is 0. The van der Waals surface area contributed by atoms with E-state index in [1.807, 2.05) is 6.07 Å². The number of ether oxygens (including phenoxy) is 1. The van der Waals surface area contributed by atoms with Gasteiger partial charge in [0, 0.05) is 18.1 Å². The summed E-state index contributed by atoms with van der Waals surface area (Å²) in [5.74, 6) is 0.869. The van der Waals surface area contributed by atoms with Crippen molar-refractivity contribution in [3.63, 3.8) is 0 Å². The lowest BCUT2D eigenvalue weighted by molar-refractivity contribution is 0.482. The first-order valence-corrected chi connectivity index (χ1v) is 5.47. The summed E-state index contributed by atoms with van der Waals surface area (Å²) in [7, 11) is 1.79. The molecule has 0 amide bonds. The molecule has 0 bridgehead atoms. The molecule has 0 saturated carbocycles. The number of benzene rings is 2. The van der Waals surface area contributed by atoms with Gasteiger partial charge in [-0.3, -0.25) is 0 Å². The van der Waals surface area contributed by atoms with Crippen molar-refractivity contribution in [2.75, 3.05) is 12.4 Å². The smallest absolute Gasteiger partial charge is 0.151 e. The molecule has 0 atom stereocenters. The lowest BCUT2D eigenvalue weighted by Crippen LogP contribution is -1.93. The van der Waals surface area contributed by atoms with Crippen LogP contribution in [0.4, 0.5) is 10.1 Å². The molecule has 88 valence electrons. The SMILES string of the molecule is CNc1ccc(Cl)cc1Oc1ccc(F)cc1. The molecule has 0 heterocycles. The highest BCUT2D eigenvalue weighted by molar-refractivity contribution is 6.30. The largest absolute Gasteiger partial charge is 0.455 e. The average Bonchev–Trinajstić information content (AvgIpc) is 2.32. The van der Waals surface area contributed by atoms with Crippen LogP contribution in [0.2, 0.25) is 5.02 Å². The molecule has 0 unspecified atom stereocenters. The van der Waals surface area contributed by atoms with Gasteiger partial charge in [-0.25, -0.2) is 4.39 Å². The molecule has 0 aliphatic heterocycles. The third-order valence-corrected chi connectivity index (χ3v) is 2.49. The zero-order valence-corrected chi connectivity index (χ0v) is 9.96. The lowest BCUT2D eigenvalue weighted by atomic mass is 10.3. The fourth-order valence-electron chi connectivity index (χ4n) is 1.42. The molecule has 0 spiro atoms. The molecule has 0 aliphatic carbocycles. The zero-order chi connectivity index (χ0) is 12.3. The number of nitrogens with one attached hydrogen (secondary N) is 1. The highest BCUT2D eigenvalue weighted by Gasteiger charge is 2.04. The van der Waals surface area contributed by atoms with Crippen LogP contribution in [-0.4, -0.2) is 7.05 Å². The van der Waals surface area contributed by atoms with E-state index in [1.54, 1.807) is 31.3 Å². The van der Waals surface area contributed by atoms with Crippen molar-refractivity contribution in [3.8, 4) is 11.5 Å². The van der Waals surface area contributed by atoms with Crippen LogP contribution in [-0.2, 0) is 0 Å². The molecule has 0 aromatic heterocycles. The molecule has 4 heteroatoms. The highest BCUT2D eigenvalue weighted by atomic mass is 35.5. The molecule has 2 aromatic rings. The van der Waals surface area contributed by atoms with E-state index in [0.717, 1.165) is 5.69 Å². The Morgan fingerprint density at radius 3 is 2.47 bits per heavy atom. The maximum Gasteiger partial charge on any atom is 0.151 e. The number of anilines is 1. The van der Waals surface area contributed by atoms with E-state index in [1.165, 1.54) is 12.1 Å².